The quantitative estimate of drug-likeness (QED) is 0.790. The largest absolute Gasteiger partial charge is 0.377 e. The van der Waals surface area contributed by atoms with Gasteiger partial charge in [-0.05, 0) is 50.9 Å². The minimum absolute atomic E-state index is 0.162. The third-order valence-electron chi connectivity index (χ3n) is 2.93. The number of hydrogen-bond acceptors (Lipinski definition) is 3. The molecule has 1 heterocycles. The standard InChI is InChI=1S/C14H24N2O/c1-5-8-16-14(12(4)17-6-2)13-10-15-9-7-11(13)3/h7,9-10,12,14,16H,5-6,8H2,1-4H3. The van der Waals surface area contributed by atoms with Gasteiger partial charge in [-0.2, -0.15) is 0 Å². The van der Waals surface area contributed by atoms with Crippen LogP contribution in [0.3, 0.4) is 0 Å². The lowest BCUT2D eigenvalue weighted by atomic mass is 9.99. The van der Waals surface area contributed by atoms with Gasteiger partial charge in [-0.25, -0.2) is 0 Å². The summed E-state index contributed by atoms with van der Waals surface area (Å²) in [6.07, 6.45) is 5.06. The number of nitrogens with zero attached hydrogens (tertiary/aromatic N) is 1. The van der Waals surface area contributed by atoms with E-state index in [4.69, 9.17) is 4.74 Å². The van der Waals surface area contributed by atoms with Crippen molar-refractivity contribution in [1.82, 2.24) is 10.3 Å². The summed E-state index contributed by atoms with van der Waals surface area (Å²) in [5.74, 6) is 0. The van der Waals surface area contributed by atoms with E-state index in [9.17, 15) is 0 Å². The fraction of sp³-hybridized carbons (Fsp3) is 0.643. The van der Waals surface area contributed by atoms with Gasteiger partial charge >= 0.3 is 0 Å². The summed E-state index contributed by atoms with van der Waals surface area (Å²) in [6, 6.07) is 2.28. The zero-order chi connectivity index (χ0) is 12.7. The Bertz CT molecular complexity index is 328. The Labute approximate surface area is 105 Å². The average Bonchev–Trinajstić information content (AvgIpc) is 2.32. The van der Waals surface area contributed by atoms with Crippen LogP contribution in [0.25, 0.3) is 0 Å². The number of nitrogens with one attached hydrogen (secondary N) is 1. The van der Waals surface area contributed by atoms with Crippen molar-refractivity contribution in [3.05, 3.63) is 29.6 Å². The first-order chi connectivity index (χ1) is 8.20. The van der Waals surface area contributed by atoms with Gasteiger partial charge in [-0.1, -0.05) is 6.92 Å². The molecule has 0 aliphatic heterocycles. The minimum atomic E-state index is 0.162. The van der Waals surface area contributed by atoms with Crippen molar-refractivity contribution in [3.63, 3.8) is 0 Å². The van der Waals surface area contributed by atoms with Crippen molar-refractivity contribution in [2.45, 2.75) is 46.3 Å². The molecule has 0 aliphatic carbocycles. The van der Waals surface area contributed by atoms with Crippen LogP contribution in [0, 0.1) is 6.92 Å². The summed E-state index contributed by atoms with van der Waals surface area (Å²) < 4.78 is 5.72. The maximum absolute atomic E-state index is 5.72. The van der Waals surface area contributed by atoms with Crippen LogP contribution >= 0.6 is 0 Å². The molecule has 0 amide bonds. The van der Waals surface area contributed by atoms with E-state index in [1.165, 1.54) is 11.1 Å². The van der Waals surface area contributed by atoms with Crippen LogP contribution in [-0.4, -0.2) is 24.2 Å². The first kappa shape index (κ1) is 14.1. The molecule has 1 aromatic heterocycles. The molecule has 96 valence electrons. The summed E-state index contributed by atoms with van der Waals surface area (Å²) in [4.78, 5) is 4.22. The fourth-order valence-corrected chi connectivity index (χ4v) is 1.99. The second kappa shape index (κ2) is 7.41. The smallest absolute Gasteiger partial charge is 0.0742 e. The summed E-state index contributed by atoms with van der Waals surface area (Å²) in [5, 5.41) is 3.55. The maximum Gasteiger partial charge on any atom is 0.0742 e. The molecule has 0 aliphatic rings. The van der Waals surface area contributed by atoms with E-state index in [1.54, 1.807) is 0 Å². The number of pyridine rings is 1. The predicted octanol–water partition coefficient (Wildman–Crippen LogP) is 2.86. The Morgan fingerprint density at radius 3 is 2.76 bits per heavy atom. The third kappa shape index (κ3) is 4.10. The Morgan fingerprint density at radius 2 is 2.18 bits per heavy atom. The van der Waals surface area contributed by atoms with Gasteiger partial charge in [0.15, 0.2) is 0 Å². The molecule has 1 rings (SSSR count). The molecule has 17 heavy (non-hydrogen) atoms. The molecule has 2 unspecified atom stereocenters. The molecule has 0 spiro atoms. The highest BCUT2D eigenvalue weighted by atomic mass is 16.5. The molecule has 0 aromatic carbocycles. The van der Waals surface area contributed by atoms with Crippen LogP contribution in [0.15, 0.2) is 18.5 Å². The summed E-state index contributed by atoms with van der Waals surface area (Å²) in [5.41, 5.74) is 2.50. The van der Waals surface area contributed by atoms with Gasteiger partial charge in [0.2, 0.25) is 0 Å². The van der Waals surface area contributed by atoms with Gasteiger partial charge in [-0.3, -0.25) is 4.98 Å². The highest BCUT2D eigenvalue weighted by Crippen LogP contribution is 2.21. The van der Waals surface area contributed by atoms with Crippen molar-refractivity contribution < 1.29 is 4.74 Å². The van der Waals surface area contributed by atoms with Gasteiger partial charge in [0.25, 0.3) is 0 Å². The van der Waals surface area contributed by atoms with E-state index in [0.717, 1.165) is 19.6 Å². The molecule has 0 bridgehead atoms. The first-order valence-electron chi connectivity index (χ1n) is 6.46. The Kier molecular flexibility index (Phi) is 6.16. The number of hydrogen-bond donors (Lipinski definition) is 1. The molecular formula is C14H24N2O. The lowest BCUT2D eigenvalue weighted by molar-refractivity contribution is 0.0470. The topological polar surface area (TPSA) is 34.2 Å². The normalized spacial score (nSPS) is 14.6. The number of ether oxygens (including phenoxy) is 1. The Balaban J connectivity index is 2.85. The molecule has 2 atom stereocenters. The van der Waals surface area contributed by atoms with Gasteiger partial charge in [0.05, 0.1) is 12.1 Å². The molecule has 0 fully saturated rings. The third-order valence-corrected chi connectivity index (χ3v) is 2.93. The highest BCUT2D eigenvalue weighted by Gasteiger charge is 2.20. The maximum atomic E-state index is 5.72. The fourth-order valence-electron chi connectivity index (χ4n) is 1.99. The minimum Gasteiger partial charge on any atom is -0.377 e. The van der Waals surface area contributed by atoms with Crippen LogP contribution < -0.4 is 5.32 Å². The molecule has 0 saturated carbocycles. The number of aryl methyl sites for hydroxylation is 1. The highest BCUT2D eigenvalue weighted by molar-refractivity contribution is 5.26. The SMILES string of the molecule is CCCNC(c1cnccc1C)C(C)OCC. The van der Waals surface area contributed by atoms with Crippen LogP contribution in [-0.2, 0) is 4.74 Å². The number of rotatable bonds is 7. The van der Waals surface area contributed by atoms with Crippen molar-refractivity contribution in [2.24, 2.45) is 0 Å². The van der Waals surface area contributed by atoms with Crippen molar-refractivity contribution in [3.8, 4) is 0 Å². The van der Waals surface area contributed by atoms with Crippen molar-refractivity contribution in [2.75, 3.05) is 13.2 Å². The Morgan fingerprint density at radius 1 is 1.41 bits per heavy atom. The molecule has 3 heteroatoms. The molecule has 0 saturated heterocycles. The molecule has 1 aromatic rings. The number of aromatic nitrogens is 1. The zero-order valence-electron chi connectivity index (χ0n) is 11.4. The van der Waals surface area contributed by atoms with E-state index in [0.29, 0.717) is 0 Å². The van der Waals surface area contributed by atoms with E-state index in [2.05, 4.69) is 37.1 Å². The van der Waals surface area contributed by atoms with Crippen LogP contribution in [0.4, 0.5) is 0 Å². The Hall–Kier alpha value is -0.930. The first-order valence-corrected chi connectivity index (χ1v) is 6.46. The van der Waals surface area contributed by atoms with E-state index >= 15 is 0 Å². The molecular weight excluding hydrogens is 212 g/mol. The monoisotopic (exact) mass is 236 g/mol. The summed E-state index contributed by atoms with van der Waals surface area (Å²) in [7, 11) is 0. The molecule has 1 N–H and O–H groups in total. The van der Waals surface area contributed by atoms with Crippen molar-refractivity contribution in [1.29, 1.82) is 0 Å². The van der Waals surface area contributed by atoms with Gasteiger partial charge in [0.1, 0.15) is 0 Å². The predicted molar refractivity (Wildman–Crippen MR) is 71.1 cm³/mol. The lowest BCUT2D eigenvalue weighted by Crippen LogP contribution is -2.33. The summed E-state index contributed by atoms with van der Waals surface area (Å²) >= 11 is 0. The lowest BCUT2D eigenvalue weighted by Gasteiger charge is -2.26. The molecule has 3 nitrogen and oxygen atoms in total. The van der Waals surface area contributed by atoms with Gasteiger partial charge in [0, 0.05) is 19.0 Å². The average molecular weight is 236 g/mol. The van der Waals surface area contributed by atoms with Crippen LogP contribution in [0.2, 0.25) is 0 Å². The second-order valence-corrected chi connectivity index (χ2v) is 4.32. The van der Waals surface area contributed by atoms with Crippen LogP contribution in [0.1, 0.15) is 44.4 Å². The summed E-state index contributed by atoms with van der Waals surface area (Å²) in [6.45, 7) is 10.2. The zero-order valence-corrected chi connectivity index (χ0v) is 11.4. The second-order valence-electron chi connectivity index (χ2n) is 4.32. The van der Waals surface area contributed by atoms with Crippen LogP contribution in [0.5, 0.6) is 0 Å². The van der Waals surface area contributed by atoms with Crippen molar-refractivity contribution >= 4 is 0 Å². The van der Waals surface area contributed by atoms with E-state index in [1.807, 2.05) is 19.3 Å². The van der Waals surface area contributed by atoms with Gasteiger partial charge in [-0.15, -0.1) is 0 Å². The molecule has 0 radical (unpaired) electrons. The van der Waals surface area contributed by atoms with E-state index in [-0.39, 0.29) is 12.1 Å². The van der Waals surface area contributed by atoms with Gasteiger partial charge < -0.3 is 10.1 Å². The van der Waals surface area contributed by atoms with E-state index < -0.39 is 0 Å².